The van der Waals surface area contributed by atoms with E-state index in [1.165, 1.54) is 0 Å². The zero-order valence-corrected chi connectivity index (χ0v) is 19.4. The van der Waals surface area contributed by atoms with Gasteiger partial charge in [0, 0.05) is 42.7 Å². The summed E-state index contributed by atoms with van der Waals surface area (Å²) >= 11 is 1.67. The molecule has 4 N–H and O–H groups in total. The first-order chi connectivity index (χ1) is 15.0. The number of hydrogen-bond donors (Lipinski definition) is 3. The monoisotopic (exact) mass is 443 g/mol. The van der Waals surface area contributed by atoms with Crippen molar-refractivity contribution in [3.8, 4) is 0 Å². The van der Waals surface area contributed by atoms with Crippen LogP contribution in [0.1, 0.15) is 55.8 Å². The molecular weight excluding hydrogens is 410 g/mol. The quantitative estimate of drug-likeness (QED) is 0.427. The first kappa shape index (κ1) is 23.0. The van der Waals surface area contributed by atoms with Crippen molar-refractivity contribution in [3.05, 3.63) is 40.0 Å². The van der Waals surface area contributed by atoms with Gasteiger partial charge in [-0.15, -0.1) is 11.3 Å². The molecule has 3 rings (SSSR count). The number of guanidine groups is 1. The van der Waals surface area contributed by atoms with Crippen molar-refractivity contribution in [1.29, 1.82) is 0 Å². The minimum absolute atomic E-state index is 0.0342. The molecule has 1 amide bonds. The van der Waals surface area contributed by atoms with Gasteiger partial charge in [0.05, 0.1) is 18.8 Å². The lowest BCUT2D eigenvalue weighted by Crippen LogP contribution is -2.39. The van der Waals surface area contributed by atoms with E-state index in [0.717, 1.165) is 60.5 Å². The third-order valence-corrected chi connectivity index (χ3v) is 6.25. The lowest BCUT2D eigenvalue weighted by atomic mass is 9.96. The Kier molecular flexibility index (Phi) is 8.22. The van der Waals surface area contributed by atoms with E-state index in [1.54, 1.807) is 17.5 Å². The second kappa shape index (κ2) is 11.1. The summed E-state index contributed by atoms with van der Waals surface area (Å²) in [6, 6.07) is 4.00. The third kappa shape index (κ3) is 6.40. The van der Waals surface area contributed by atoms with Crippen LogP contribution in [0, 0.1) is 5.92 Å². The Hall–Kier alpha value is -2.68. The molecule has 1 aliphatic heterocycles. The van der Waals surface area contributed by atoms with Crippen LogP contribution in [0.2, 0.25) is 0 Å². The molecule has 0 spiro atoms. The normalized spacial score (nSPS) is 15.4. The Balaban J connectivity index is 1.64. The van der Waals surface area contributed by atoms with Crippen LogP contribution >= 0.6 is 11.3 Å². The average molecular weight is 444 g/mol. The minimum atomic E-state index is -0.201. The number of thiazole rings is 1. The second-order valence-corrected chi connectivity index (χ2v) is 8.96. The first-order valence-corrected chi connectivity index (χ1v) is 11.8. The van der Waals surface area contributed by atoms with Crippen molar-refractivity contribution in [1.82, 2.24) is 20.6 Å². The maximum absolute atomic E-state index is 11.5. The number of amides is 1. The van der Waals surface area contributed by atoms with E-state index >= 15 is 0 Å². The molecule has 1 fully saturated rings. The molecular formula is C22H33N7OS. The van der Waals surface area contributed by atoms with Gasteiger partial charge in [-0.1, -0.05) is 19.9 Å². The van der Waals surface area contributed by atoms with Crippen molar-refractivity contribution in [2.24, 2.45) is 16.6 Å². The van der Waals surface area contributed by atoms with E-state index in [0.29, 0.717) is 19.0 Å². The minimum Gasteiger partial charge on any atom is -0.369 e. The van der Waals surface area contributed by atoms with Crippen LogP contribution < -0.4 is 21.3 Å². The van der Waals surface area contributed by atoms with E-state index in [1.807, 2.05) is 6.07 Å². The lowest BCUT2D eigenvalue weighted by Gasteiger charge is -2.32. The highest BCUT2D eigenvalue weighted by Gasteiger charge is 2.24. The van der Waals surface area contributed by atoms with Crippen molar-refractivity contribution in [3.63, 3.8) is 0 Å². The van der Waals surface area contributed by atoms with Crippen molar-refractivity contribution >= 4 is 29.0 Å². The average Bonchev–Trinajstić information content (AvgIpc) is 3.25. The third-order valence-electron chi connectivity index (χ3n) is 5.38. The molecule has 1 aliphatic rings. The Morgan fingerprint density at radius 3 is 2.77 bits per heavy atom. The Morgan fingerprint density at radius 2 is 2.13 bits per heavy atom. The molecule has 2 aromatic rings. The predicted octanol–water partition coefficient (Wildman–Crippen LogP) is 2.62. The van der Waals surface area contributed by atoms with Gasteiger partial charge in [0.1, 0.15) is 10.8 Å². The number of primary amides is 1. The number of carbonyl (C=O) groups excluding carboxylic acids is 1. The molecule has 0 aliphatic carbocycles. The zero-order chi connectivity index (χ0) is 22.2. The van der Waals surface area contributed by atoms with E-state index in [4.69, 9.17) is 10.7 Å². The number of nitrogens with one attached hydrogen (secondary N) is 2. The molecule has 0 aromatic carbocycles. The van der Waals surface area contributed by atoms with Crippen LogP contribution in [0.3, 0.4) is 0 Å². The zero-order valence-electron chi connectivity index (χ0n) is 18.6. The fourth-order valence-electron chi connectivity index (χ4n) is 3.55. The SMILES string of the molecule is CCNC(=NCc1cccnc1N1CCC(C(N)=O)CC1)NCc1nc(C(C)C)cs1. The number of carbonyl (C=O) groups is 1. The van der Waals surface area contributed by atoms with Gasteiger partial charge in [0.2, 0.25) is 5.91 Å². The Bertz CT molecular complexity index is 887. The topological polar surface area (TPSA) is 109 Å². The summed E-state index contributed by atoms with van der Waals surface area (Å²) in [5, 5.41) is 9.85. The van der Waals surface area contributed by atoms with Gasteiger partial charge in [0.25, 0.3) is 0 Å². The van der Waals surface area contributed by atoms with Gasteiger partial charge in [-0.05, 0) is 31.7 Å². The molecule has 0 radical (unpaired) electrons. The van der Waals surface area contributed by atoms with Gasteiger partial charge >= 0.3 is 0 Å². The fourth-order valence-corrected chi connectivity index (χ4v) is 4.45. The highest BCUT2D eigenvalue weighted by Crippen LogP contribution is 2.25. The maximum atomic E-state index is 11.5. The van der Waals surface area contributed by atoms with Gasteiger partial charge in [-0.2, -0.15) is 0 Å². The number of hydrogen-bond acceptors (Lipinski definition) is 6. The molecule has 0 saturated carbocycles. The summed E-state index contributed by atoms with van der Waals surface area (Å²) in [4.78, 5) is 27.7. The molecule has 3 heterocycles. The van der Waals surface area contributed by atoms with E-state index < -0.39 is 0 Å². The number of rotatable bonds is 8. The highest BCUT2D eigenvalue weighted by molar-refractivity contribution is 7.09. The van der Waals surface area contributed by atoms with Crippen LogP contribution in [0.4, 0.5) is 5.82 Å². The lowest BCUT2D eigenvalue weighted by molar-refractivity contribution is -0.122. The van der Waals surface area contributed by atoms with Crippen LogP contribution in [0.15, 0.2) is 28.7 Å². The molecule has 1 saturated heterocycles. The molecule has 31 heavy (non-hydrogen) atoms. The van der Waals surface area contributed by atoms with Gasteiger partial charge in [-0.3, -0.25) is 4.79 Å². The number of nitrogens with zero attached hydrogens (tertiary/aromatic N) is 4. The number of anilines is 1. The smallest absolute Gasteiger partial charge is 0.220 e. The fraction of sp³-hybridized carbons (Fsp3) is 0.545. The molecule has 0 bridgehead atoms. The van der Waals surface area contributed by atoms with Gasteiger partial charge in [0.15, 0.2) is 5.96 Å². The Labute approximate surface area is 188 Å². The van der Waals surface area contributed by atoms with Crippen LogP contribution in [0.5, 0.6) is 0 Å². The molecule has 168 valence electrons. The van der Waals surface area contributed by atoms with E-state index in [-0.39, 0.29) is 11.8 Å². The number of aliphatic imine (C=N–C) groups is 1. The van der Waals surface area contributed by atoms with Crippen molar-refractivity contribution in [2.45, 2.75) is 52.6 Å². The van der Waals surface area contributed by atoms with Gasteiger partial charge in [-0.25, -0.2) is 15.0 Å². The van der Waals surface area contributed by atoms with Crippen LogP contribution in [0.25, 0.3) is 0 Å². The molecule has 2 aromatic heterocycles. The molecule has 9 heteroatoms. The van der Waals surface area contributed by atoms with Crippen LogP contribution in [-0.2, 0) is 17.9 Å². The molecule has 0 atom stereocenters. The van der Waals surface area contributed by atoms with E-state index in [9.17, 15) is 4.79 Å². The molecule has 0 unspecified atom stereocenters. The van der Waals surface area contributed by atoms with Crippen LogP contribution in [-0.4, -0.2) is 41.5 Å². The predicted molar refractivity (Wildman–Crippen MR) is 126 cm³/mol. The number of nitrogens with two attached hydrogens (primary N) is 1. The summed E-state index contributed by atoms with van der Waals surface area (Å²) in [5.41, 5.74) is 7.66. The van der Waals surface area contributed by atoms with Gasteiger partial charge < -0.3 is 21.3 Å². The second-order valence-electron chi connectivity index (χ2n) is 8.02. The standard InChI is InChI=1S/C22H33N7OS/c1-4-24-22(27-13-19-28-18(14-31-19)15(2)3)26-12-17-6-5-9-25-21(17)29-10-7-16(8-11-29)20(23)30/h5-6,9,14-16H,4,7-8,10-13H2,1-3H3,(H2,23,30)(H2,24,26,27). The number of aromatic nitrogens is 2. The van der Waals surface area contributed by atoms with E-state index in [2.05, 4.69) is 57.7 Å². The number of pyridine rings is 1. The first-order valence-electron chi connectivity index (χ1n) is 10.9. The molecule has 8 nitrogen and oxygen atoms in total. The summed E-state index contributed by atoms with van der Waals surface area (Å²) in [6.07, 6.45) is 3.34. The Morgan fingerprint density at radius 1 is 1.35 bits per heavy atom. The largest absolute Gasteiger partial charge is 0.369 e. The summed E-state index contributed by atoms with van der Waals surface area (Å²) < 4.78 is 0. The number of piperidine rings is 1. The maximum Gasteiger partial charge on any atom is 0.220 e. The summed E-state index contributed by atoms with van der Waals surface area (Å²) in [7, 11) is 0. The summed E-state index contributed by atoms with van der Waals surface area (Å²) in [5.74, 6) is 1.89. The summed E-state index contributed by atoms with van der Waals surface area (Å²) in [6.45, 7) is 9.85. The van der Waals surface area contributed by atoms with Crippen molar-refractivity contribution in [2.75, 3.05) is 24.5 Å². The van der Waals surface area contributed by atoms with Crippen molar-refractivity contribution < 1.29 is 4.79 Å². The highest BCUT2D eigenvalue weighted by atomic mass is 32.1.